The SMILES string of the molecule is C=C1C[C@H]2[C@@H]3C[C@H](F)[C@@]4(O)C[C@@H](OC=O)CC[C@]4(C)[C@H]3CC[C@]2(C)[C@@]1(O)C(=O)CCl. The van der Waals surface area contributed by atoms with Crippen LogP contribution in [0.5, 0.6) is 0 Å². The van der Waals surface area contributed by atoms with Gasteiger partial charge in [0.25, 0.3) is 6.47 Å². The van der Waals surface area contributed by atoms with Gasteiger partial charge in [-0.25, -0.2) is 4.39 Å². The molecule has 0 bridgehead atoms. The molecule has 0 heterocycles. The molecular weight excluding hydrogens is 411 g/mol. The second-order valence-corrected chi connectivity index (χ2v) is 10.8. The fraction of sp³-hybridized carbons (Fsp3) is 0.826. The molecule has 4 saturated carbocycles. The van der Waals surface area contributed by atoms with Crippen LogP contribution in [-0.2, 0) is 14.3 Å². The highest BCUT2D eigenvalue weighted by Gasteiger charge is 2.72. The van der Waals surface area contributed by atoms with Crippen molar-refractivity contribution in [1.82, 2.24) is 0 Å². The number of alkyl halides is 2. The molecule has 7 heteroatoms. The van der Waals surface area contributed by atoms with Crippen LogP contribution in [0.3, 0.4) is 0 Å². The van der Waals surface area contributed by atoms with Gasteiger partial charge in [-0.3, -0.25) is 9.59 Å². The predicted octanol–water partition coefficient (Wildman–Crippen LogP) is 3.34. The van der Waals surface area contributed by atoms with E-state index in [2.05, 4.69) is 6.58 Å². The fourth-order valence-electron chi connectivity index (χ4n) is 7.96. The molecule has 168 valence electrons. The third-order valence-corrected chi connectivity index (χ3v) is 9.98. The molecule has 4 aliphatic carbocycles. The normalized spacial score (nSPS) is 52.7. The number of hydrogen-bond donors (Lipinski definition) is 2. The number of Topliss-reactive ketones (excluding diaryl/α,β-unsaturated/α-hetero) is 1. The Morgan fingerprint density at radius 2 is 1.93 bits per heavy atom. The Kier molecular flexibility index (Phi) is 5.19. The van der Waals surface area contributed by atoms with Crippen LogP contribution >= 0.6 is 11.6 Å². The third kappa shape index (κ3) is 2.53. The Labute approximate surface area is 182 Å². The Morgan fingerprint density at radius 3 is 2.57 bits per heavy atom. The number of aliphatic hydroxyl groups is 2. The van der Waals surface area contributed by atoms with E-state index in [0.29, 0.717) is 44.1 Å². The quantitative estimate of drug-likeness (QED) is 0.396. The van der Waals surface area contributed by atoms with Crippen molar-refractivity contribution in [3.05, 3.63) is 12.2 Å². The molecule has 30 heavy (non-hydrogen) atoms. The van der Waals surface area contributed by atoms with Gasteiger partial charge in [0, 0.05) is 17.3 Å². The molecule has 0 unspecified atom stereocenters. The lowest BCUT2D eigenvalue weighted by molar-refractivity contribution is -0.254. The summed E-state index contributed by atoms with van der Waals surface area (Å²) in [5, 5.41) is 23.0. The second kappa shape index (κ2) is 7.01. The van der Waals surface area contributed by atoms with Crippen molar-refractivity contribution >= 4 is 23.9 Å². The van der Waals surface area contributed by atoms with Gasteiger partial charge in [-0.2, -0.15) is 0 Å². The van der Waals surface area contributed by atoms with E-state index >= 15 is 4.39 Å². The van der Waals surface area contributed by atoms with E-state index in [-0.39, 0.29) is 36.5 Å². The van der Waals surface area contributed by atoms with Gasteiger partial charge in [-0.15, -0.1) is 11.6 Å². The van der Waals surface area contributed by atoms with E-state index in [1.54, 1.807) is 0 Å². The van der Waals surface area contributed by atoms with Gasteiger partial charge in [0.15, 0.2) is 11.4 Å². The van der Waals surface area contributed by atoms with Crippen molar-refractivity contribution in [3.63, 3.8) is 0 Å². The van der Waals surface area contributed by atoms with Gasteiger partial charge in [0.05, 0.1) is 5.88 Å². The molecule has 0 amide bonds. The van der Waals surface area contributed by atoms with E-state index in [9.17, 15) is 19.8 Å². The molecule has 0 aliphatic heterocycles. The lowest BCUT2D eigenvalue weighted by Gasteiger charge is -2.65. The topological polar surface area (TPSA) is 83.8 Å². The number of carbonyl (C=O) groups is 2. The number of hydrogen-bond acceptors (Lipinski definition) is 5. The highest BCUT2D eigenvalue weighted by molar-refractivity contribution is 6.29. The summed E-state index contributed by atoms with van der Waals surface area (Å²) in [6.07, 6.45) is 1.25. The zero-order chi connectivity index (χ0) is 22.1. The maximum absolute atomic E-state index is 15.7. The van der Waals surface area contributed by atoms with Crippen molar-refractivity contribution in [2.45, 2.75) is 82.3 Å². The van der Waals surface area contributed by atoms with Gasteiger partial charge in [0.2, 0.25) is 0 Å². The summed E-state index contributed by atoms with van der Waals surface area (Å²) in [6, 6.07) is 0. The van der Waals surface area contributed by atoms with E-state index in [1.807, 2.05) is 13.8 Å². The molecule has 5 nitrogen and oxygen atoms in total. The summed E-state index contributed by atoms with van der Waals surface area (Å²) in [6.45, 7) is 8.29. The smallest absolute Gasteiger partial charge is 0.293 e. The number of fused-ring (bicyclic) bond motifs is 5. The van der Waals surface area contributed by atoms with Crippen molar-refractivity contribution in [1.29, 1.82) is 0 Å². The van der Waals surface area contributed by atoms with E-state index < -0.39 is 40.1 Å². The van der Waals surface area contributed by atoms with Crippen molar-refractivity contribution in [2.75, 3.05) is 5.88 Å². The number of ether oxygens (including phenoxy) is 1. The van der Waals surface area contributed by atoms with Crippen LogP contribution in [0.15, 0.2) is 12.2 Å². The molecule has 0 aromatic heterocycles. The van der Waals surface area contributed by atoms with Crippen LogP contribution in [0.25, 0.3) is 0 Å². The molecule has 4 fully saturated rings. The standard InChI is InChI=1S/C23H32ClFO5/c1-13-8-17-15-9-18(25)22(28)10-14(30-12-26)4-6-20(22,2)16(15)5-7-21(17,3)23(13,29)19(27)11-24/h12,14-18,28-29H,1,4-11H2,2-3H3/t14-,15+,16-,17-,18-,20+,21-,22-,23-/m0/s1. The lowest BCUT2D eigenvalue weighted by Crippen LogP contribution is -2.68. The minimum absolute atomic E-state index is 0.0611. The Bertz CT molecular complexity index is 775. The van der Waals surface area contributed by atoms with Crippen molar-refractivity contribution in [3.8, 4) is 0 Å². The van der Waals surface area contributed by atoms with Gasteiger partial charge in [-0.05, 0) is 61.9 Å². The van der Waals surface area contributed by atoms with Crippen LogP contribution in [0, 0.1) is 28.6 Å². The van der Waals surface area contributed by atoms with Crippen LogP contribution in [-0.4, -0.2) is 51.8 Å². The average Bonchev–Trinajstić information content (AvgIpc) is 2.91. The summed E-state index contributed by atoms with van der Waals surface area (Å²) >= 11 is 5.83. The molecule has 0 aromatic carbocycles. The van der Waals surface area contributed by atoms with E-state index in [1.165, 1.54) is 0 Å². The van der Waals surface area contributed by atoms with Gasteiger partial charge in [0.1, 0.15) is 17.9 Å². The monoisotopic (exact) mass is 442 g/mol. The molecule has 0 radical (unpaired) electrons. The second-order valence-electron chi connectivity index (χ2n) is 10.5. The lowest BCUT2D eigenvalue weighted by atomic mass is 9.42. The largest absolute Gasteiger partial charge is 0.464 e. The van der Waals surface area contributed by atoms with Crippen LogP contribution in [0.4, 0.5) is 4.39 Å². The first-order valence-corrected chi connectivity index (χ1v) is 11.5. The van der Waals surface area contributed by atoms with E-state index in [0.717, 1.165) is 0 Å². The van der Waals surface area contributed by atoms with Gasteiger partial charge in [-0.1, -0.05) is 20.4 Å². The average molecular weight is 443 g/mol. The number of carbonyl (C=O) groups excluding carboxylic acids is 2. The van der Waals surface area contributed by atoms with E-state index in [4.69, 9.17) is 16.3 Å². The minimum atomic E-state index is -1.68. The highest BCUT2D eigenvalue weighted by atomic mass is 35.5. The predicted molar refractivity (Wildman–Crippen MR) is 110 cm³/mol. The Hall–Kier alpha value is -0.980. The zero-order valence-electron chi connectivity index (χ0n) is 17.7. The zero-order valence-corrected chi connectivity index (χ0v) is 18.5. The maximum atomic E-state index is 15.7. The first kappa shape index (κ1) is 22.2. The number of ketones is 1. The number of halogens is 2. The summed E-state index contributed by atoms with van der Waals surface area (Å²) < 4.78 is 20.8. The summed E-state index contributed by atoms with van der Waals surface area (Å²) in [4.78, 5) is 23.5. The Balaban J connectivity index is 1.70. The summed E-state index contributed by atoms with van der Waals surface area (Å²) in [5.74, 6) is -0.816. The highest BCUT2D eigenvalue weighted by Crippen LogP contribution is 2.70. The molecule has 9 atom stereocenters. The maximum Gasteiger partial charge on any atom is 0.293 e. The number of rotatable bonds is 4. The van der Waals surface area contributed by atoms with Crippen LogP contribution in [0.1, 0.15) is 58.8 Å². The molecule has 4 rings (SSSR count). The minimum Gasteiger partial charge on any atom is -0.464 e. The van der Waals surface area contributed by atoms with Gasteiger partial charge < -0.3 is 14.9 Å². The van der Waals surface area contributed by atoms with Crippen LogP contribution < -0.4 is 0 Å². The molecule has 2 N–H and O–H groups in total. The van der Waals surface area contributed by atoms with Crippen LogP contribution in [0.2, 0.25) is 0 Å². The summed E-state index contributed by atoms with van der Waals surface area (Å²) in [5.41, 5.74) is -4.14. The molecule has 0 saturated heterocycles. The molecule has 4 aliphatic rings. The summed E-state index contributed by atoms with van der Waals surface area (Å²) in [7, 11) is 0. The van der Waals surface area contributed by atoms with Gasteiger partial charge >= 0.3 is 0 Å². The molecule has 0 spiro atoms. The molecular formula is C23H32ClFO5. The fourth-order valence-corrected chi connectivity index (χ4v) is 8.16. The third-order valence-electron chi connectivity index (χ3n) is 9.73. The molecule has 0 aromatic rings. The van der Waals surface area contributed by atoms with Crippen molar-refractivity contribution < 1.29 is 28.9 Å². The Morgan fingerprint density at radius 1 is 1.27 bits per heavy atom. The first-order valence-electron chi connectivity index (χ1n) is 10.9. The first-order chi connectivity index (χ1) is 14.0. The van der Waals surface area contributed by atoms with Crippen molar-refractivity contribution in [2.24, 2.45) is 28.6 Å².